The van der Waals surface area contributed by atoms with Gasteiger partial charge in [-0.3, -0.25) is 4.90 Å². The van der Waals surface area contributed by atoms with Crippen LogP contribution in [0.25, 0.3) is 0 Å². The Balaban J connectivity index is 1.46. The van der Waals surface area contributed by atoms with Crippen LogP contribution in [0.5, 0.6) is 5.75 Å². The summed E-state index contributed by atoms with van der Waals surface area (Å²) in [6.45, 7) is 3.59. The highest BCUT2D eigenvalue weighted by Gasteiger charge is 2.41. The van der Waals surface area contributed by atoms with E-state index in [1.54, 1.807) is 12.1 Å². The molecule has 1 aromatic carbocycles. The first-order valence-electron chi connectivity index (χ1n) is 7.29. The molecular weight excluding hydrogens is 252 g/mol. The minimum atomic E-state index is -0.0989. The minimum Gasteiger partial charge on any atom is -0.492 e. The average molecular weight is 272 g/mol. The molecule has 4 nitrogen and oxygen atoms in total. The van der Waals surface area contributed by atoms with Crippen molar-refractivity contribution in [3.8, 4) is 11.8 Å². The Labute approximate surface area is 119 Å². The van der Waals surface area contributed by atoms with Crippen molar-refractivity contribution in [2.24, 2.45) is 11.8 Å². The molecule has 1 aliphatic heterocycles. The molecule has 20 heavy (non-hydrogen) atoms. The molecule has 0 aromatic heterocycles. The number of hydrogen-bond donors (Lipinski definition) is 1. The van der Waals surface area contributed by atoms with Gasteiger partial charge in [0.1, 0.15) is 12.4 Å². The summed E-state index contributed by atoms with van der Waals surface area (Å²) >= 11 is 0. The second-order valence-corrected chi connectivity index (χ2v) is 5.82. The molecule has 1 saturated carbocycles. The molecule has 4 heteroatoms. The van der Waals surface area contributed by atoms with Gasteiger partial charge in [-0.2, -0.15) is 5.26 Å². The first-order valence-corrected chi connectivity index (χ1v) is 7.29. The van der Waals surface area contributed by atoms with Crippen LogP contribution in [-0.4, -0.2) is 42.4 Å². The smallest absolute Gasteiger partial charge is 0.120 e. The Bertz CT molecular complexity index is 511. The van der Waals surface area contributed by atoms with Gasteiger partial charge in [0.25, 0.3) is 0 Å². The zero-order chi connectivity index (χ0) is 13.9. The third-order valence-corrected chi connectivity index (χ3v) is 4.53. The van der Waals surface area contributed by atoms with E-state index in [4.69, 9.17) is 10.00 Å². The maximum absolute atomic E-state index is 9.89. The zero-order valence-electron chi connectivity index (χ0n) is 11.5. The summed E-state index contributed by atoms with van der Waals surface area (Å²) in [7, 11) is 0. The molecule has 1 aliphatic carbocycles. The van der Waals surface area contributed by atoms with Crippen molar-refractivity contribution in [3.05, 3.63) is 29.8 Å². The number of ether oxygens (including phenoxy) is 1. The fraction of sp³-hybridized carbons (Fsp3) is 0.562. The van der Waals surface area contributed by atoms with Crippen molar-refractivity contribution < 1.29 is 9.84 Å². The van der Waals surface area contributed by atoms with Gasteiger partial charge >= 0.3 is 0 Å². The molecule has 1 N–H and O–H groups in total. The van der Waals surface area contributed by atoms with Gasteiger partial charge in [0.05, 0.1) is 17.7 Å². The average Bonchev–Trinajstić information content (AvgIpc) is 3.02. The highest BCUT2D eigenvalue weighted by atomic mass is 16.5. The van der Waals surface area contributed by atoms with Crippen molar-refractivity contribution in [2.45, 2.75) is 18.9 Å². The maximum atomic E-state index is 9.89. The molecule has 3 unspecified atom stereocenters. The number of likely N-dealkylation sites (tertiary alicyclic amines) is 1. The summed E-state index contributed by atoms with van der Waals surface area (Å²) in [6.07, 6.45) is 2.03. The second kappa shape index (κ2) is 5.82. The van der Waals surface area contributed by atoms with Crippen molar-refractivity contribution in [2.75, 3.05) is 26.2 Å². The van der Waals surface area contributed by atoms with E-state index in [-0.39, 0.29) is 6.10 Å². The summed E-state index contributed by atoms with van der Waals surface area (Å²) in [5.41, 5.74) is 0.626. The Hall–Kier alpha value is -1.57. The lowest BCUT2D eigenvalue weighted by Crippen LogP contribution is -2.28. The molecule has 1 heterocycles. The molecule has 2 aliphatic rings. The van der Waals surface area contributed by atoms with Crippen LogP contribution in [0.4, 0.5) is 0 Å². The lowest BCUT2D eigenvalue weighted by molar-refractivity contribution is 0.122. The number of aliphatic hydroxyl groups excluding tert-OH is 1. The van der Waals surface area contributed by atoms with Crippen LogP contribution in [-0.2, 0) is 0 Å². The summed E-state index contributed by atoms with van der Waals surface area (Å²) in [4.78, 5) is 2.38. The molecule has 0 radical (unpaired) electrons. The first-order chi connectivity index (χ1) is 9.76. The lowest BCUT2D eigenvalue weighted by Gasteiger charge is -2.18. The lowest BCUT2D eigenvalue weighted by atomic mass is 10.00. The van der Waals surface area contributed by atoms with Gasteiger partial charge in [0.2, 0.25) is 0 Å². The predicted octanol–water partition coefficient (Wildman–Crippen LogP) is 1.64. The number of rotatable bonds is 4. The summed E-state index contributed by atoms with van der Waals surface area (Å²) in [5.74, 6) is 1.90. The van der Waals surface area contributed by atoms with E-state index in [0.717, 1.165) is 38.2 Å². The van der Waals surface area contributed by atoms with Crippen LogP contribution in [0.2, 0.25) is 0 Å². The molecule has 2 fully saturated rings. The van der Waals surface area contributed by atoms with E-state index >= 15 is 0 Å². The Morgan fingerprint density at radius 1 is 1.35 bits per heavy atom. The van der Waals surface area contributed by atoms with Gasteiger partial charge in [-0.25, -0.2) is 0 Å². The molecule has 1 aromatic rings. The highest BCUT2D eigenvalue weighted by Crippen LogP contribution is 2.37. The molecular formula is C16H20N2O2. The third-order valence-electron chi connectivity index (χ3n) is 4.53. The molecule has 106 valence electrons. The molecule has 3 rings (SSSR count). The van der Waals surface area contributed by atoms with Crippen LogP contribution >= 0.6 is 0 Å². The summed E-state index contributed by atoms with van der Waals surface area (Å²) in [5, 5.41) is 18.7. The van der Waals surface area contributed by atoms with E-state index in [9.17, 15) is 5.11 Å². The van der Waals surface area contributed by atoms with Gasteiger partial charge < -0.3 is 9.84 Å². The van der Waals surface area contributed by atoms with E-state index in [0.29, 0.717) is 24.0 Å². The largest absolute Gasteiger partial charge is 0.492 e. The van der Waals surface area contributed by atoms with Crippen LogP contribution in [0.15, 0.2) is 24.3 Å². The zero-order valence-corrected chi connectivity index (χ0v) is 11.5. The maximum Gasteiger partial charge on any atom is 0.120 e. The molecule has 0 amide bonds. The van der Waals surface area contributed by atoms with Crippen LogP contribution in [0, 0.1) is 23.2 Å². The first kappa shape index (κ1) is 13.4. The SMILES string of the molecule is N#Cc1cccc(OCCN2CC3CCC(O)C3C2)c1. The van der Waals surface area contributed by atoms with Crippen molar-refractivity contribution in [1.82, 2.24) is 4.90 Å². The number of fused-ring (bicyclic) bond motifs is 1. The van der Waals surface area contributed by atoms with E-state index in [1.807, 2.05) is 12.1 Å². The van der Waals surface area contributed by atoms with E-state index in [2.05, 4.69) is 11.0 Å². The third kappa shape index (κ3) is 2.79. The number of benzene rings is 1. The molecule has 0 spiro atoms. The fourth-order valence-electron chi connectivity index (χ4n) is 3.46. The normalized spacial score (nSPS) is 29.1. The van der Waals surface area contributed by atoms with Gasteiger partial charge in [-0.15, -0.1) is 0 Å². The Morgan fingerprint density at radius 2 is 2.25 bits per heavy atom. The molecule has 3 atom stereocenters. The standard InChI is InChI=1S/C16H20N2O2/c17-9-12-2-1-3-14(8-12)20-7-6-18-10-13-4-5-16(19)15(13)11-18/h1-3,8,13,15-16,19H,4-7,10-11H2. The van der Waals surface area contributed by atoms with Crippen molar-refractivity contribution in [3.63, 3.8) is 0 Å². The van der Waals surface area contributed by atoms with E-state index < -0.39 is 0 Å². The quantitative estimate of drug-likeness (QED) is 0.905. The monoisotopic (exact) mass is 272 g/mol. The highest BCUT2D eigenvalue weighted by molar-refractivity contribution is 5.36. The topological polar surface area (TPSA) is 56.5 Å². The van der Waals surface area contributed by atoms with Gasteiger partial charge in [0, 0.05) is 25.6 Å². The predicted molar refractivity (Wildman–Crippen MR) is 75.3 cm³/mol. The van der Waals surface area contributed by atoms with Crippen molar-refractivity contribution >= 4 is 0 Å². The van der Waals surface area contributed by atoms with Crippen LogP contribution in [0.3, 0.4) is 0 Å². The van der Waals surface area contributed by atoms with E-state index in [1.165, 1.54) is 0 Å². The van der Waals surface area contributed by atoms with Crippen LogP contribution in [0.1, 0.15) is 18.4 Å². The number of hydrogen-bond acceptors (Lipinski definition) is 4. The molecule has 0 bridgehead atoms. The number of nitrogens with zero attached hydrogens (tertiary/aromatic N) is 2. The summed E-state index contributed by atoms with van der Waals surface area (Å²) in [6, 6.07) is 9.37. The fourth-order valence-corrected chi connectivity index (χ4v) is 3.46. The van der Waals surface area contributed by atoms with Gasteiger partial charge in [-0.05, 0) is 37.0 Å². The van der Waals surface area contributed by atoms with Crippen LogP contribution < -0.4 is 4.74 Å². The Kier molecular flexibility index (Phi) is 3.90. The molecule has 1 saturated heterocycles. The number of nitriles is 1. The second-order valence-electron chi connectivity index (χ2n) is 5.82. The minimum absolute atomic E-state index is 0.0989. The Morgan fingerprint density at radius 3 is 3.05 bits per heavy atom. The number of aliphatic hydroxyl groups is 1. The van der Waals surface area contributed by atoms with Gasteiger partial charge in [0.15, 0.2) is 0 Å². The van der Waals surface area contributed by atoms with Crippen molar-refractivity contribution in [1.29, 1.82) is 5.26 Å². The van der Waals surface area contributed by atoms with Gasteiger partial charge in [-0.1, -0.05) is 6.07 Å². The summed E-state index contributed by atoms with van der Waals surface area (Å²) < 4.78 is 5.70.